The van der Waals surface area contributed by atoms with Gasteiger partial charge in [0.25, 0.3) is 0 Å². The van der Waals surface area contributed by atoms with Gasteiger partial charge < -0.3 is 9.15 Å². The summed E-state index contributed by atoms with van der Waals surface area (Å²) in [6, 6.07) is 12.5. The van der Waals surface area contributed by atoms with Crippen molar-refractivity contribution in [2.45, 2.75) is 0 Å². The molecular weight excluding hydrogens is 322 g/mol. The van der Waals surface area contributed by atoms with Gasteiger partial charge in [-0.15, -0.1) is 0 Å². The third kappa shape index (κ3) is 2.32. The average molecular weight is 332 g/mol. The smallest absolute Gasteiger partial charge is 0.347 e. The molecule has 100 valence electrons. The van der Waals surface area contributed by atoms with E-state index in [1.807, 2.05) is 6.07 Å². The summed E-state index contributed by atoms with van der Waals surface area (Å²) in [6.07, 6.45) is 0. The van der Waals surface area contributed by atoms with E-state index < -0.39 is 5.63 Å². The molecule has 0 spiro atoms. The van der Waals surface area contributed by atoms with Crippen molar-refractivity contribution in [3.05, 3.63) is 57.4 Å². The standard InChI is InChI=1S/C15H10BrNO3/c1-19-11-5-2-9(3-6-11)14-17-13-7-4-10(16)8-12(13)15(18)20-14/h2-8H,1H3. The Morgan fingerprint density at radius 3 is 2.60 bits per heavy atom. The van der Waals surface area contributed by atoms with E-state index in [-0.39, 0.29) is 0 Å². The fourth-order valence-electron chi connectivity index (χ4n) is 1.90. The molecule has 1 heterocycles. The van der Waals surface area contributed by atoms with Crippen LogP contribution >= 0.6 is 15.9 Å². The predicted molar refractivity (Wildman–Crippen MR) is 80.0 cm³/mol. The Hall–Kier alpha value is -2.14. The van der Waals surface area contributed by atoms with E-state index in [0.29, 0.717) is 16.8 Å². The molecule has 0 N–H and O–H groups in total. The van der Waals surface area contributed by atoms with Crippen molar-refractivity contribution in [3.63, 3.8) is 0 Å². The first-order valence-corrected chi connectivity index (χ1v) is 6.71. The zero-order valence-corrected chi connectivity index (χ0v) is 12.2. The molecule has 2 aromatic carbocycles. The Labute approximate surface area is 123 Å². The number of hydrogen-bond donors (Lipinski definition) is 0. The van der Waals surface area contributed by atoms with Gasteiger partial charge in [0, 0.05) is 10.0 Å². The van der Waals surface area contributed by atoms with Gasteiger partial charge in [-0.3, -0.25) is 0 Å². The van der Waals surface area contributed by atoms with E-state index in [2.05, 4.69) is 20.9 Å². The highest BCUT2D eigenvalue weighted by molar-refractivity contribution is 9.10. The molecule has 3 rings (SSSR count). The van der Waals surface area contributed by atoms with Crippen LogP contribution in [0.3, 0.4) is 0 Å². The zero-order chi connectivity index (χ0) is 14.1. The van der Waals surface area contributed by atoms with Crippen LogP contribution in [0.4, 0.5) is 0 Å². The summed E-state index contributed by atoms with van der Waals surface area (Å²) in [7, 11) is 1.60. The van der Waals surface area contributed by atoms with Crippen LogP contribution in [0.25, 0.3) is 22.4 Å². The van der Waals surface area contributed by atoms with E-state index in [4.69, 9.17) is 9.15 Å². The first-order chi connectivity index (χ1) is 9.67. The second kappa shape index (κ2) is 5.09. The van der Waals surface area contributed by atoms with Crippen molar-refractivity contribution in [1.82, 2.24) is 4.98 Å². The van der Waals surface area contributed by atoms with Crippen molar-refractivity contribution in [1.29, 1.82) is 0 Å². The van der Waals surface area contributed by atoms with Gasteiger partial charge in [-0.1, -0.05) is 15.9 Å². The van der Waals surface area contributed by atoms with E-state index in [1.54, 1.807) is 43.5 Å². The maximum atomic E-state index is 12.0. The van der Waals surface area contributed by atoms with Gasteiger partial charge in [0.15, 0.2) is 0 Å². The molecule has 0 saturated carbocycles. The number of hydrogen-bond acceptors (Lipinski definition) is 4. The van der Waals surface area contributed by atoms with E-state index >= 15 is 0 Å². The van der Waals surface area contributed by atoms with Crippen molar-refractivity contribution in [2.75, 3.05) is 7.11 Å². The number of aromatic nitrogens is 1. The lowest BCUT2D eigenvalue weighted by Crippen LogP contribution is -2.02. The molecule has 1 aromatic heterocycles. The normalized spacial score (nSPS) is 10.7. The molecule has 0 atom stereocenters. The molecule has 3 aromatic rings. The number of benzene rings is 2. The van der Waals surface area contributed by atoms with Crippen LogP contribution in [0.15, 0.2) is 56.1 Å². The van der Waals surface area contributed by atoms with Crippen molar-refractivity contribution < 1.29 is 9.15 Å². The molecule has 0 aliphatic rings. The lowest BCUT2D eigenvalue weighted by molar-refractivity contribution is 0.415. The van der Waals surface area contributed by atoms with Crippen LogP contribution in [-0.2, 0) is 0 Å². The van der Waals surface area contributed by atoms with E-state index in [0.717, 1.165) is 15.8 Å². The molecule has 0 saturated heterocycles. The van der Waals surface area contributed by atoms with Gasteiger partial charge in [-0.25, -0.2) is 9.78 Å². The second-order valence-electron chi connectivity index (χ2n) is 4.20. The summed E-state index contributed by atoms with van der Waals surface area (Å²) in [5.41, 5.74) is 0.935. The first kappa shape index (κ1) is 12.9. The average Bonchev–Trinajstić information content (AvgIpc) is 2.48. The number of halogens is 1. The molecule has 0 aliphatic heterocycles. The summed E-state index contributed by atoms with van der Waals surface area (Å²) < 4.78 is 11.2. The van der Waals surface area contributed by atoms with Gasteiger partial charge in [-0.05, 0) is 42.5 Å². The van der Waals surface area contributed by atoms with Gasteiger partial charge >= 0.3 is 5.63 Å². The maximum Gasteiger partial charge on any atom is 0.347 e. The third-order valence-corrected chi connectivity index (χ3v) is 3.42. The Morgan fingerprint density at radius 2 is 1.90 bits per heavy atom. The summed E-state index contributed by atoms with van der Waals surface area (Å²) in [5, 5.41) is 0.455. The van der Waals surface area contributed by atoms with Gasteiger partial charge in [0.2, 0.25) is 5.89 Å². The Kier molecular flexibility index (Phi) is 3.28. The Morgan fingerprint density at radius 1 is 1.15 bits per heavy atom. The van der Waals surface area contributed by atoms with Gasteiger partial charge in [0.05, 0.1) is 18.0 Å². The number of methoxy groups -OCH3 is 1. The fraction of sp³-hybridized carbons (Fsp3) is 0.0667. The zero-order valence-electron chi connectivity index (χ0n) is 10.6. The van der Waals surface area contributed by atoms with Crippen molar-refractivity contribution >= 4 is 26.8 Å². The second-order valence-corrected chi connectivity index (χ2v) is 5.11. The van der Waals surface area contributed by atoms with Crippen molar-refractivity contribution in [2.24, 2.45) is 0 Å². The van der Waals surface area contributed by atoms with Crippen molar-refractivity contribution in [3.8, 4) is 17.2 Å². The first-order valence-electron chi connectivity index (χ1n) is 5.92. The molecule has 4 nitrogen and oxygen atoms in total. The molecule has 0 fully saturated rings. The number of fused-ring (bicyclic) bond motifs is 1. The highest BCUT2D eigenvalue weighted by Crippen LogP contribution is 2.22. The van der Waals surface area contributed by atoms with E-state index in [9.17, 15) is 4.79 Å². The van der Waals surface area contributed by atoms with E-state index in [1.165, 1.54) is 0 Å². The van der Waals surface area contributed by atoms with Crippen LogP contribution in [0.2, 0.25) is 0 Å². The third-order valence-electron chi connectivity index (χ3n) is 2.93. The van der Waals surface area contributed by atoms with Crippen LogP contribution in [0.1, 0.15) is 0 Å². The highest BCUT2D eigenvalue weighted by atomic mass is 79.9. The molecular formula is C15H10BrNO3. The number of ether oxygens (including phenoxy) is 1. The number of rotatable bonds is 2. The summed E-state index contributed by atoms with van der Waals surface area (Å²) in [5.74, 6) is 1.04. The molecule has 0 aliphatic carbocycles. The van der Waals surface area contributed by atoms with Gasteiger partial charge in [0.1, 0.15) is 5.75 Å². The van der Waals surface area contributed by atoms with Crippen LogP contribution in [-0.4, -0.2) is 12.1 Å². The van der Waals surface area contributed by atoms with Gasteiger partial charge in [-0.2, -0.15) is 0 Å². The lowest BCUT2D eigenvalue weighted by atomic mass is 10.2. The highest BCUT2D eigenvalue weighted by Gasteiger charge is 2.09. The van der Waals surface area contributed by atoms with Crippen LogP contribution < -0.4 is 10.4 Å². The summed E-state index contributed by atoms with van der Waals surface area (Å²) in [4.78, 5) is 16.4. The summed E-state index contributed by atoms with van der Waals surface area (Å²) in [6.45, 7) is 0. The topological polar surface area (TPSA) is 52.3 Å². The predicted octanol–water partition coefficient (Wildman–Crippen LogP) is 3.63. The quantitative estimate of drug-likeness (QED) is 0.719. The molecule has 0 unspecified atom stereocenters. The number of nitrogens with zero attached hydrogens (tertiary/aromatic N) is 1. The molecule has 0 bridgehead atoms. The molecule has 5 heteroatoms. The molecule has 0 amide bonds. The monoisotopic (exact) mass is 331 g/mol. The Bertz CT molecular complexity index is 825. The maximum absolute atomic E-state index is 12.0. The molecule has 20 heavy (non-hydrogen) atoms. The minimum Gasteiger partial charge on any atom is -0.497 e. The SMILES string of the molecule is COc1ccc(-c2nc3ccc(Br)cc3c(=O)o2)cc1. The Balaban J connectivity index is 2.16. The summed E-state index contributed by atoms with van der Waals surface area (Å²) >= 11 is 3.32. The fourth-order valence-corrected chi connectivity index (χ4v) is 2.26. The minimum absolute atomic E-state index is 0.299. The van der Waals surface area contributed by atoms with Crippen LogP contribution in [0.5, 0.6) is 5.75 Å². The molecule has 0 radical (unpaired) electrons. The minimum atomic E-state index is -0.401. The van der Waals surface area contributed by atoms with Crippen LogP contribution in [0, 0.1) is 0 Å². The lowest BCUT2D eigenvalue weighted by Gasteiger charge is -2.03. The largest absolute Gasteiger partial charge is 0.497 e.